The molecule has 1 N–H and O–H groups in total. The fraction of sp³-hybridized carbons (Fsp3) is 0.133. The van der Waals surface area contributed by atoms with Crippen LogP contribution in [0.1, 0.15) is 24.3 Å². The van der Waals surface area contributed by atoms with Gasteiger partial charge in [0.1, 0.15) is 10.7 Å². The largest absolute Gasteiger partial charge is 0.433 e. The molecule has 2 rings (SSSR count). The Balaban J connectivity index is 1.94. The number of carbonyl (C=O) groups excluding carboxylic acids is 1. The SMILES string of the molecule is C[C@H](NC(=O)/C=C/c1ccc([N+](=O)[O-])o1)c1ccccc1. The number of amides is 1. The zero-order valence-electron chi connectivity index (χ0n) is 11.4. The predicted octanol–water partition coefficient (Wildman–Crippen LogP) is 3.08. The third kappa shape index (κ3) is 4.04. The molecule has 1 atom stereocenters. The highest BCUT2D eigenvalue weighted by Crippen LogP contribution is 2.16. The minimum atomic E-state index is -0.630. The van der Waals surface area contributed by atoms with Crippen LogP contribution in [0.15, 0.2) is 53.0 Å². The van der Waals surface area contributed by atoms with Crippen LogP contribution in [-0.2, 0) is 4.79 Å². The van der Waals surface area contributed by atoms with Crippen LogP contribution >= 0.6 is 0 Å². The van der Waals surface area contributed by atoms with Gasteiger partial charge >= 0.3 is 5.88 Å². The molecule has 108 valence electrons. The Morgan fingerprint density at radius 3 is 2.62 bits per heavy atom. The van der Waals surface area contributed by atoms with E-state index in [1.165, 1.54) is 24.3 Å². The molecule has 1 aromatic heterocycles. The van der Waals surface area contributed by atoms with Gasteiger partial charge in [0, 0.05) is 6.08 Å². The molecule has 6 nitrogen and oxygen atoms in total. The number of benzene rings is 1. The second-order valence-electron chi connectivity index (χ2n) is 4.41. The number of carbonyl (C=O) groups is 1. The van der Waals surface area contributed by atoms with Gasteiger partial charge in [-0.1, -0.05) is 30.3 Å². The van der Waals surface area contributed by atoms with Gasteiger partial charge in [0.15, 0.2) is 0 Å². The van der Waals surface area contributed by atoms with Gasteiger partial charge in [-0.15, -0.1) is 0 Å². The Bertz CT molecular complexity index is 661. The van der Waals surface area contributed by atoms with Crippen molar-refractivity contribution >= 4 is 17.9 Å². The third-order valence-electron chi connectivity index (χ3n) is 2.85. The topological polar surface area (TPSA) is 85.4 Å². The lowest BCUT2D eigenvalue weighted by Crippen LogP contribution is -2.24. The average Bonchev–Trinajstić information content (AvgIpc) is 2.95. The molecule has 0 saturated carbocycles. The van der Waals surface area contributed by atoms with Crippen LogP contribution in [0, 0.1) is 10.1 Å². The molecule has 0 unspecified atom stereocenters. The molecule has 0 radical (unpaired) electrons. The molecule has 0 aliphatic rings. The minimum Gasteiger partial charge on any atom is -0.401 e. The lowest BCUT2D eigenvalue weighted by Gasteiger charge is -2.12. The van der Waals surface area contributed by atoms with Crippen LogP contribution in [-0.4, -0.2) is 10.8 Å². The highest BCUT2D eigenvalue weighted by atomic mass is 16.6. The van der Waals surface area contributed by atoms with Crippen molar-refractivity contribution in [3.05, 3.63) is 70.0 Å². The highest BCUT2D eigenvalue weighted by molar-refractivity contribution is 5.91. The predicted molar refractivity (Wildman–Crippen MR) is 77.4 cm³/mol. The summed E-state index contributed by atoms with van der Waals surface area (Å²) in [5.41, 5.74) is 0.993. The summed E-state index contributed by atoms with van der Waals surface area (Å²) in [7, 11) is 0. The molecule has 0 aliphatic carbocycles. The van der Waals surface area contributed by atoms with Gasteiger partial charge in [-0.05, 0) is 24.6 Å². The molecule has 21 heavy (non-hydrogen) atoms. The Morgan fingerprint density at radius 2 is 2.00 bits per heavy atom. The molecule has 0 aliphatic heterocycles. The van der Waals surface area contributed by atoms with Crippen LogP contribution in [0.4, 0.5) is 5.88 Å². The molecule has 0 spiro atoms. The van der Waals surface area contributed by atoms with E-state index in [9.17, 15) is 14.9 Å². The van der Waals surface area contributed by atoms with Gasteiger partial charge in [0.25, 0.3) is 0 Å². The summed E-state index contributed by atoms with van der Waals surface area (Å²) in [4.78, 5) is 21.6. The van der Waals surface area contributed by atoms with Crippen molar-refractivity contribution in [3.8, 4) is 0 Å². The molecule has 6 heteroatoms. The molecule has 0 saturated heterocycles. The second kappa shape index (κ2) is 6.51. The zero-order valence-corrected chi connectivity index (χ0v) is 11.4. The maximum absolute atomic E-state index is 11.8. The van der Waals surface area contributed by atoms with Crippen molar-refractivity contribution in [2.45, 2.75) is 13.0 Å². The van der Waals surface area contributed by atoms with E-state index in [4.69, 9.17) is 4.42 Å². The maximum atomic E-state index is 11.8. The van der Waals surface area contributed by atoms with E-state index in [0.29, 0.717) is 0 Å². The van der Waals surface area contributed by atoms with E-state index in [1.807, 2.05) is 37.3 Å². The first-order valence-corrected chi connectivity index (χ1v) is 6.34. The van der Waals surface area contributed by atoms with Crippen molar-refractivity contribution in [1.82, 2.24) is 5.32 Å². The lowest BCUT2D eigenvalue weighted by molar-refractivity contribution is -0.402. The normalized spacial score (nSPS) is 12.2. The van der Waals surface area contributed by atoms with Crippen LogP contribution in [0.25, 0.3) is 6.08 Å². The molecule has 0 bridgehead atoms. The summed E-state index contributed by atoms with van der Waals surface area (Å²) in [6, 6.07) is 12.1. The Morgan fingerprint density at radius 1 is 1.29 bits per heavy atom. The number of nitro groups is 1. The number of hydrogen-bond donors (Lipinski definition) is 1. The van der Waals surface area contributed by atoms with E-state index in [1.54, 1.807) is 0 Å². The molecule has 1 amide bonds. The van der Waals surface area contributed by atoms with Crippen LogP contribution in [0.3, 0.4) is 0 Å². The zero-order chi connectivity index (χ0) is 15.2. The molecular weight excluding hydrogens is 272 g/mol. The molecule has 2 aromatic rings. The summed E-state index contributed by atoms with van der Waals surface area (Å²) in [5.74, 6) is -0.401. The molecule has 0 fully saturated rings. The lowest BCUT2D eigenvalue weighted by atomic mass is 10.1. The minimum absolute atomic E-state index is 0.130. The van der Waals surface area contributed by atoms with E-state index in [2.05, 4.69) is 5.32 Å². The Labute approximate surface area is 121 Å². The smallest absolute Gasteiger partial charge is 0.401 e. The van der Waals surface area contributed by atoms with Gasteiger partial charge in [-0.2, -0.15) is 0 Å². The number of hydrogen-bond acceptors (Lipinski definition) is 4. The van der Waals surface area contributed by atoms with Gasteiger partial charge in [-0.3, -0.25) is 14.9 Å². The average molecular weight is 286 g/mol. The van der Waals surface area contributed by atoms with E-state index >= 15 is 0 Å². The molecule has 1 heterocycles. The van der Waals surface area contributed by atoms with Crippen molar-refractivity contribution in [2.75, 3.05) is 0 Å². The van der Waals surface area contributed by atoms with Gasteiger partial charge in [0.05, 0.1) is 12.1 Å². The molecular formula is C15H14N2O4. The van der Waals surface area contributed by atoms with Gasteiger partial charge < -0.3 is 9.73 Å². The van der Waals surface area contributed by atoms with E-state index in [-0.39, 0.29) is 23.6 Å². The summed E-state index contributed by atoms with van der Waals surface area (Å²) >= 11 is 0. The number of nitrogens with zero attached hydrogens (tertiary/aromatic N) is 1. The standard InChI is InChI=1S/C15H14N2O4/c1-11(12-5-3-2-4-6-12)16-14(18)9-7-13-8-10-15(21-13)17(19)20/h2-11H,1H3,(H,16,18)/b9-7+/t11-/m0/s1. The number of rotatable bonds is 5. The third-order valence-corrected chi connectivity index (χ3v) is 2.85. The quantitative estimate of drug-likeness (QED) is 0.520. The second-order valence-corrected chi connectivity index (χ2v) is 4.41. The molecule has 1 aromatic carbocycles. The Hall–Kier alpha value is -2.89. The number of furan rings is 1. The first-order chi connectivity index (χ1) is 10.1. The van der Waals surface area contributed by atoms with Crippen LogP contribution in [0.5, 0.6) is 0 Å². The van der Waals surface area contributed by atoms with Crippen molar-refractivity contribution in [2.24, 2.45) is 0 Å². The number of nitrogens with one attached hydrogen (secondary N) is 1. The summed E-state index contributed by atoms with van der Waals surface area (Å²) in [6.45, 7) is 1.87. The Kier molecular flexibility index (Phi) is 4.50. The van der Waals surface area contributed by atoms with Crippen molar-refractivity contribution in [1.29, 1.82) is 0 Å². The van der Waals surface area contributed by atoms with Gasteiger partial charge in [0.2, 0.25) is 5.91 Å². The summed E-state index contributed by atoms with van der Waals surface area (Å²) in [6.07, 6.45) is 2.67. The van der Waals surface area contributed by atoms with E-state index < -0.39 is 4.92 Å². The first-order valence-electron chi connectivity index (χ1n) is 6.34. The van der Waals surface area contributed by atoms with Crippen molar-refractivity contribution in [3.63, 3.8) is 0 Å². The summed E-state index contributed by atoms with van der Waals surface area (Å²) in [5, 5.41) is 13.3. The van der Waals surface area contributed by atoms with Gasteiger partial charge in [-0.25, -0.2) is 0 Å². The summed E-state index contributed by atoms with van der Waals surface area (Å²) < 4.78 is 4.92. The van der Waals surface area contributed by atoms with Crippen molar-refractivity contribution < 1.29 is 14.1 Å². The first kappa shape index (κ1) is 14.5. The maximum Gasteiger partial charge on any atom is 0.433 e. The van der Waals surface area contributed by atoms with Crippen LogP contribution < -0.4 is 5.32 Å². The fourth-order valence-corrected chi connectivity index (χ4v) is 1.77. The fourth-order valence-electron chi connectivity index (χ4n) is 1.77. The highest BCUT2D eigenvalue weighted by Gasteiger charge is 2.10. The van der Waals surface area contributed by atoms with E-state index in [0.717, 1.165) is 5.56 Å². The monoisotopic (exact) mass is 286 g/mol. The van der Waals surface area contributed by atoms with Crippen LogP contribution in [0.2, 0.25) is 0 Å².